The normalized spacial score (nSPS) is 22.5. The number of benzene rings is 1. The number of aromatic nitrogens is 2. The molecule has 0 N–H and O–H groups in total. The molecule has 1 aliphatic carbocycles. The van der Waals surface area contributed by atoms with Crippen LogP contribution in [-0.2, 0) is 0 Å². The van der Waals surface area contributed by atoms with Crippen molar-refractivity contribution in [2.75, 3.05) is 13.2 Å². The smallest absolute Gasteiger partial charge is 0.274 e. The van der Waals surface area contributed by atoms with Crippen LogP contribution in [0.1, 0.15) is 28.3 Å². The summed E-state index contributed by atoms with van der Waals surface area (Å²) < 4.78 is 18.9. The lowest BCUT2D eigenvalue weighted by atomic mass is 10.0. The number of carbonyl (C=O) groups excluding carboxylic acids is 1. The number of ether oxygens (including phenoxy) is 1. The van der Waals surface area contributed by atoms with Gasteiger partial charge in [0.25, 0.3) is 5.91 Å². The van der Waals surface area contributed by atoms with Crippen molar-refractivity contribution in [3.8, 4) is 16.3 Å². The molecule has 5 rings (SSSR count). The van der Waals surface area contributed by atoms with Crippen LogP contribution in [0.5, 0.6) is 5.88 Å². The van der Waals surface area contributed by atoms with E-state index in [1.807, 2.05) is 42.2 Å². The van der Waals surface area contributed by atoms with Crippen LogP contribution in [0.4, 0.5) is 4.39 Å². The highest BCUT2D eigenvalue weighted by atomic mass is 32.1. The number of halogens is 1. The second kappa shape index (κ2) is 7.80. The Bertz CT molecular complexity index is 1050. The number of amides is 1. The van der Waals surface area contributed by atoms with Gasteiger partial charge in [0.05, 0.1) is 22.1 Å². The lowest BCUT2D eigenvalue weighted by Crippen LogP contribution is -2.48. The van der Waals surface area contributed by atoms with Crippen LogP contribution in [-0.4, -0.2) is 40.0 Å². The fourth-order valence-corrected chi connectivity index (χ4v) is 5.15. The molecule has 1 aliphatic heterocycles. The van der Waals surface area contributed by atoms with Gasteiger partial charge in [0.2, 0.25) is 5.88 Å². The molecule has 1 amide bonds. The number of carbonyl (C=O) groups is 1. The molecule has 2 aromatic heterocycles. The zero-order chi connectivity index (χ0) is 20.7. The predicted molar refractivity (Wildman–Crippen MR) is 113 cm³/mol. The Balaban J connectivity index is 1.39. The molecule has 3 aromatic rings. The van der Waals surface area contributed by atoms with Crippen LogP contribution in [0, 0.1) is 24.6 Å². The zero-order valence-electron chi connectivity index (χ0n) is 16.6. The van der Waals surface area contributed by atoms with Gasteiger partial charge < -0.3 is 9.64 Å². The number of pyridine rings is 1. The number of hydrogen-bond acceptors (Lipinski definition) is 5. The van der Waals surface area contributed by atoms with Gasteiger partial charge in [-0.05, 0) is 43.2 Å². The number of aryl methyl sites for hydroxylation is 1. The molecule has 30 heavy (non-hydrogen) atoms. The first kappa shape index (κ1) is 19.2. The minimum absolute atomic E-state index is 0.0378. The SMILES string of the molecule is Cc1nc(C(=O)N2C[C@@H]3C[C@@H]3C[C@H]2COc2ccc(F)cn2)c(-c2ccccc2)s1. The minimum atomic E-state index is -0.398. The molecule has 0 unspecified atom stereocenters. The molecule has 0 radical (unpaired) electrons. The zero-order valence-corrected chi connectivity index (χ0v) is 17.4. The molecule has 0 bridgehead atoms. The number of piperidine rings is 1. The van der Waals surface area contributed by atoms with Gasteiger partial charge in [0.15, 0.2) is 0 Å². The summed E-state index contributed by atoms with van der Waals surface area (Å²) in [4.78, 5) is 25.0. The second-order valence-corrected chi connectivity index (χ2v) is 9.21. The fourth-order valence-electron chi connectivity index (χ4n) is 4.23. The Hall–Kier alpha value is -2.80. The average Bonchev–Trinajstić information content (AvgIpc) is 3.43. The highest BCUT2D eigenvalue weighted by molar-refractivity contribution is 7.15. The first-order valence-electron chi connectivity index (χ1n) is 10.2. The van der Waals surface area contributed by atoms with Gasteiger partial charge in [-0.1, -0.05) is 30.3 Å². The minimum Gasteiger partial charge on any atom is -0.475 e. The molecular weight excluding hydrogens is 401 g/mol. The largest absolute Gasteiger partial charge is 0.475 e. The first-order valence-corrected chi connectivity index (χ1v) is 11.0. The van der Waals surface area contributed by atoms with Gasteiger partial charge in [0.1, 0.15) is 18.1 Å². The summed E-state index contributed by atoms with van der Waals surface area (Å²) in [6.45, 7) is 3.01. The number of thiazole rings is 1. The molecule has 2 fully saturated rings. The number of fused-ring (bicyclic) bond motifs is 1. The summed E-state index contributed by atoms with van der Waals surface area (Å²) >= 11 is 1.55. The molecule has 3 heterocycles. The third-order valence-electron chi connectivity index (χ3n) is 5.87. The van der Waals surface area contributed by atoms with E-state index in [1.165, 1.54) is 12.1 Å². The maximum absolute atomic E-state index is 13.6. The van der Waals surface area contributed by atoms with Crippen molar-refractivity contribution < 1.29 is 13.9 Å². The van der Waals surface area contributed by atoms with Gasteiger partial charge in [-0.15, -0.1) is 11.3 Å². The highest BCUT2D eigenvalue weighted by Gasteiger charge is 2.48. The molecule has 3 atom stereocenters. The van der Waals surface area contributed by atoms with E-state index in [1.54, 1.807) is 11.3 Å². The Morgan fingerprint density at radius 3 is 2.80 bits per heavy atom. The number of rotatable bonds is 5. The number of hydrogen-bond donors (Lipinski definition) is 0. The lowest BCUT2D eigenvalue weighted by Gasteiger charge is -2.35. The van der Waals surface area contributed by atoms with Gasteiger partial charge in [-0.2, -0.15) is 0 Å². The van der Waals surface area contributed by atoms with Crippen molar-refractivity contribution in [1.82, 2.24) is 14.9 Å². The van der Waals surface area contributed by atoms with Crippen LogP contribution < -0.4 is 4.74 Å². The molecule has 1 aromatic carbocycles. The molecule has 2 aliphatic rings. The van der Waals surface area contributed by atoms with E-state index in [0.29, 0.717) is 30.0 Å². The van der Waals surface area contributed by atoms with Crippen LogP contribution in [0.3, 0.4) is 0 Å². The standard InChI is InChI=1S/C23H22FN3O2S/c1-14-26-21(22(30-14)15-5-3-2-4-6-15)23(28)27-12-17-9-16(17)10-19(27)13-29-20-8-7-18(24)11-25-20/h2-8,11,16-17,19H,9-10,12-13H2,1H3/t16-,17+,19+/m1/s1. The maximum Gasteiger partial charge on any atom is 0.274 e. The van der Waals surface area contributed by atoms with Crippen molar-refractivity contribution in [3.63, 3.8) is 0 Å². The Morgan fingerprint density at radius 2 is 2.03 bits per heavy atom. The Labute approximate surface area is 178 Å². The average molecular weight is 424 g/mol. The summed E-state index contributed by atoms with van der Waals surface area (Å²) in [7, 11) is 0. The fraction of sp³-hybridized carbons (Fsp3) is 0.348. The van der Waals surface area contributed by atoms with E-state index in [0.717, 1.165) is 41.0 Å². The summed E-state index contributed by atoms with van der Waals surface area (Å²) in [6, 6.07) is 12.7. The molecule has 0 spiro atoms. The van der Waals surface area contributed by atoms with Crippen molar-refractivity contribution in [2.24, 2.45) is 11.8 Å². The number of nitrogens with zero attached hydrogens (tertiary/aromatic N) is 3. The van der Waals surface area contributed by atoms with Gasteiger partial charge in [-0.25, -0.2) is 14.4 Å². The predicted octanol–water partition coefficient (Wildman–Crippen LogP) is 4.58. The molecule has 1 saturated heterocycles. The lowest BCUT2D eigenvalue weighted by molar-refractivity contribution is 0.0504. The highest BCUT2D eigenvalue weighted by Crippen LogP contribution is 2.47. The van der Waals surface area contributed by atoms with Crippen molar-refractivity contribution >= 4 is 17.2 Å². The third kappa shape index (κ3) is 3.81. The molecule has 1 saturated carbocycles. The van der Waals surface area contributed by atoms with Gasteiger partial charge in [0, 0.05) is 12.6 Å². The third-order valence-corrected chi connectivity index (χ3v) is 6.89. The van der Waals surface area contributed by atoms with E-state index < -0.39 is 5.82 Å². The van der Waals surface area contributed by atoms with Crippen LogP contribution in [0.25, 0.3) is 10.4 Å². The van der Waals surface area contributed by atoms with Crippen molar-refractivity contribution in [2.45, 2.75) is 25.8 Å². The van der Waals surface area contributed by atoms with Gasteiger partial charge >= 0.3 is 0 Å². The van der Waals surface area contributed by atoms with E-state index in [-0.39, 0.29) is 11.9 Å². The van der Waals surface area contributed by atoms with E-state index in [4.69, 9.17) is 4.74 Å². The summed E-state index contributed by atoms with van der Waals surface area (Å²) in [5.41, 5.74) is 1.53. The molecular formula is C23H22FN3O2S. The molecule has 7 heteroatoms. The Kier molecular flexibility index (Phi) is 4.98. The summed E-state index contributed by atoms with van der Waals surface area (Å²) in [5.74, 6) is 1.18. The molecule has 5 nitrogen and oxygen atoms in total. The van der Waals surface area contributed by atoms with Crippen LogP contribution in [0.2, 0.25) is 0 Å². The van der Waals surface area contributed by atoms with E-state index >= 15 is 0 Å². The van der Waals surface area contributed by atoms with E-state index in [2.05, 4.69) is 9.97 Å². The maximum atomic E-state index is 13.6. The van der Waals surface area contributed by atoms with Crippen LogP contribution in [0.15, 0.2) is 48.7 Å². The second-order valence-electron chi connectivity index (χ2n) is 8.01. The monoisotopic (exact) mass is 423 g/mol. The Morgan fingerprint density at radius 1 is 1.20 bits per heavy atom. The number of likely N-dealkylation sites (tertiary alicyclic amines) is 1. The van der Waals surface area contributed by atoms with Crippen molar-refractivity contribution in [1.29, 1.82) is 0 Å². The topological polar surface area (TPSA) is 55.3 Å². The summed E-state index contributed by atoms with van der Waals surface area (Å²) in [5, 5.41) is 0.877. The van der Waals surface area contributed by atoms with Crippen molar-refractivity contribution in [3.05, 3.63) is 65.2 Å². The quantitative estimate of drug-likeness (QED) is 0.603. The van der Waals surface area contributed by atoms with Crippen LogP contribution >= 0.6 is 11.3 Å². The first-order chi connectivity index (χ1) is 14.6. The van der Waals surface area contributed by atoms with Gasteiger partial charge in [-0.3, -0.25) is 4.79 Å². The summed E-state index contributed by atoms with van der Waals surface area (Å²) in [6.07, 6.45) is 3.22. The van der Waals surface area contributed by atoms with E-state index in [9.17, 15) is 9.18 Å². The molecule has 154 valence electrons.